The molecule has 1 heterocycles. The average Bonchev–Trinajstić information content (AvgIpc) is 2.99. The van der Waals surface area contributed by atoms with Crippen molar-refractivity contribution in [2.75, 3.05) is 18.9 Å². The SMILES string of the molecule is CNCCCC(=O)Nc1ccc(Cc2nc3ccccc3s2)cc1.Cl. The summed E-state index contributed by atoms with van der Waals surface area (Å²) in [5, 5.41) is 7.09. The maximum Gasteiger partial charge on any atom is 0.224 e. The number of carbonyl (C=O) groups excluding carboxylic acids is 1. The molecule has 0 aliphatic heterocycles. The van der Waals surface area contributed by atoms with E-state index in [2.05, 4.69) is 33.8 Å². The fourth-order valence-corrected chi connectivity index (χ4v) is 3.53. The van der Waals surface area contributed by atoms with E-state index >= 15 is 0 Å². The van der Waals surface area contributed by atoms with E-state index in [0.29, 0.717) is 6.42 Å². The smallest absolute Gasteiger partial charge is 0.224 e. The van der Waals surface area contributed by atoms with Crippen LogP contribution in [0.2, 0.25) is 0 Å². The molecule has 2 N–H and O–H groups in total. The van der Waals surface area contributed by atoms with Gasteiger partial charge in [0, 0.05) is 18.5 Å². The number of benzene rings is 2. The third-order valence-corrected chi connectivity index (χ3v) is 4.80. The minimum Gasteiger partial charge on any atom is -0.326 e. The fourth-order valence-electron chi connectivity index (χ4n) is 2.53. The van der Waals surface area contributed by atoms with Gasteiger partial charge >= 0.3 is 0 Å². The fraction of sp³-hybridized carbons (Fsp3) is 0.263. The molecule has 0 fully saturated rings. The predicted octanol–water partition coefficient (Wildman–Crippen LogP) is 4.25. The van der Waals surface area contributed by atoms with Gasteiger partial charge in [0.25, 0.3) is 0 Å². The van der Waals surface area contributed by atoms with E-state index in [9.17, 15) is 4.79 Å². The summed E-state index contributed by atoms with van der Waals surface area (Å²) in [5.41, 5.74) is 3.10. The number of fused-ring (bicyclic) bond motifs is 1. The molecule has 1 amide bonds. The number of thiazole rings is 1. The second-order valence-electron chi connectivity index (χ2n) is 5.70. The number of nitrogens with one attached hydrogen (secondary N) is 2. The van der Waals surface area contributed by atoms with Crippen molar-refractivity contribution in [1.29, 1.82) is 0 Å². The standard InChI is InChI=1S/C19H21N3OS.ClH/c1-20-12-4-7-18(23)21-15-10-8-14(9-11-15)13-19-22-16-5-2-3-6-17(16)24-19;/h2-3,5-6,8-11,20H,4,7,12-13H2,1H3,(H,21,23);1H. The first-order chi connectivity index (χ1) is 11.7. The topological polar surface area (TPSA) is 54.0 Å². The zero-order chi connectivity index (χ0) is 16.8. The molecule has 0 bridgehead atoms. The Morgan fingerprint density at radius 2 is 1.88 bits per heavy atom. The van der Waals surface area contributed by atoms with Crippen LogP contribution >= 0.6 is 23.7 Å². The second-order valence-corrected chi connectivity index (χ2v) is 6.82. The monoisotopic (exact) mass is 375 g/mol. The Morgan fingerprint density at radius 3 is 2.60 bits per heavy atom. The lowest BCUT2D eigenvalue weighted by atomic mass is 10.1. The van der Waals surface area contributed by atoms with E-state index in [1.165, 1.54) is 10.3 Å². The molecule has 1 aromatic heterocycles. The third kappa shape index (κ3) is 5.53. The summed E-state index contributed by atoms with van der Waals surface area (Å²) in [7, 11) is 1.89. The summed E-state index contributed by atoms with van der Waals surface area (Å²) in [5.74, 6) is 0.0594. The van der Waals surface area contributed by atoms with Crippen molar-refractivity contribution in [3.63, 3.8) is 0 Å². The number of nitrogens with zero attached hydrogens (tertiary/aromatic N) is 1. The molecule has 6 heteroatoms. The molecule has 3 rings (SSSR count). The number of carbonyl (C=O) groups is 1. The lowest BCUT2D eigenvalue weighted by Crippen LogP contribution is -2.15. The number of hydrogen-bond donors (Lipinski definition) is 2. The van der Waals surface area contributed by atoms with E-state index in [1.54, 1.807) is 11.3 Å². The Bertz CT molecular complexity index is 784. The number of anilines is 1. The quantitative estimate of drug-likeness (QED) is 0.607. The minimum atomic E-state index is 0. The van der Waals surface area contributed by atoms with Crippen LogP contribution in [0.25, 0.3) is 10.2 Å². The van der Waals surface area contributed by atoms with Crippen LogP contribution in [0, 0.1) is 0 Å². The maximum absolute atomic E-state index is 11.8. The summed E-state index contributed by atoms with van der Waals surface area (Å²) in [6, 6.07) is 16.2. The normalized spacial score (nSPS) is 10.4. The Morgan fingerprint density at radius 1 is 1.12 bits per heavy atom. The molecule has 3 aromatic rings. The number of hydrogen-bond acceptors (Lipinski definition) is 4. The summed E-state index contributed by atoms with van der Waals surface area (Å²) in [6.07, 6.45) is 2.20. The summed E-state index contributed by atoms with van der Waals surface area (Å²) >= 11 is 1.73. The van der Waals surface area contributed by atoms with Crippen molar-refractivity contribution in [3.05, 3.63) is 59.1 Å². The van der Waals surface area contributed by atoms with Gasteiger partial charge in [-0.1, -0.05) is 24.3 Å². The van der Waals surface area contributed by atoms with Crippen LogP contribution < -0.4 is 10.6 Å². The van der Waals surface area contributed by atoms with Crippen molar-refractivity contribution in [2.45, 2.75) is 19.3 Å². The van der Waals surface area contributed by atoms with Crippen LogP contribution in [-0.2, 0) is 11.2 Å². The van der Waals surface area contributed by atoms with E-state index in [4.69, 9.17) is 0 Å². The predicted molar refractivity (Wildman–Crippen MR) is 108 cm³/mol. The van der Waals surface area contributed by atoms with Crippen LogP contribution in [0.3, 0.4) is 0 Å². The van der Waals surface area contributed by atoms with Gasteiger partial charge in [-0.25, -0.2) is 4.98 Å². The van der Waals surface area contributed by atoms with Crippen molar-refractivity contribution in [1.82, 2.24) is 10.3 Å². The molecular weight excluding hydrogens is 354 g/mol. The van der Waals surface area contributed by atoms with Crippen molar-refractivity contribution >= 4 is 45.6 Å². The summed E-state index contributed by atoms with van der Waals surface area (Å²) in [6.45, 7) is 0.856. The van der Waals surface area contributed by atoms with Crippen molar-refractivity contribution in [3.8, 4) is 0 Å². The zero-order valence-corrected chi connectivity index (χ0v) is 15.8. The maximum atomic E-state index is 11.8. The first-order valence-electron chi connectivity index (χ1n) is 8.12. The van der Waals surface area contributed by atoms with Crippen LogP contribution in [0.15, 0.2) is 48.5 Å². The highest BCUT2D eigenvalue weighted by Gasteiger charge is 2.05. The van der Waals surface area contributed by atoms with Gasteiger partial charge in [-0.05, 0) is 49.8 Å². The number of halogens is 1. The molecule has 0 atom stereocenters. The van der Waals surface area contributed by atoms with E-state index in [1.807, 2.05) is 37.4 Å². The molecule has 2 aromatic carbocycles. The van der Waals surface area contributed by atoms with E-state index in [-0.39, 0.29) is 18.3 Å². The zero-order valence-electron chi connectivity index (χ0n) is 14.1. The molecule has 0 spiro atoms. The second kappa shape index (κ2) is 9.51. The van der Waals surface area contributed by atoms with E-state index in [0.717, 1.165) is 35.6 Å². The average molecular weight is 376 g/mol. The molecular formula is C19H22ClN3OS. The van der Waals surface area contributed by atoms with Crippen LogP contribution in [0.4, 0.5) is 5.69 Å². The molecule has 0 unspecified atom stereocenters. The van der Waals surface area contributed by atoms with Crippen LogP contribution in [-0.4, -0.2) is 24.5 Å². The van der Waals surface area contributed by atoms with Crippen molar-refractivity contribution in [2.24, 2.45) is 0 Å². The van der Waals surface area contributed by atoms with Gasteiger partial charge in [-0.2, -0.15) is 0 Å². The van der Waals surface area contributed by atoms with Crippen molar-refractivity contribution < 1.29 is 4.79 Å². The Balaban J connectivity index is 0.00000225. The Hall–Kier alpha value is -1.95. The molecule has 0 saturated heterocycles. The van der Waals surface area contributed by atoms with Gasteiger partial charge < -0.3 is 10.6 Å². The Labute approximate surface area is 158 Å². The summed E-state index contributed by atoms with van der Waals surface area (Å²) < 4.78 is 1.22. The van der Waals surface area contributed by atoms with Crippen LogP contribution in [0.5, 0.6) is 0 Å². The molecule has 132 valence electrons. The first-order valence-corrected chi connectivity index (χ1v) is 8.94. The number of aromatic nitrogens is 1. The van der Waals surface area contributed by atoms with Gasteiger partial charge in [0.2, 0.25) is 5.91 Å². The molecule has 0 saturated carbocycles. The lowest BCUT2D eigenvalue weighted by Gasteiger charge is -2.06. The molecule has 0 aliphatic carbocycles. The van der Waals surface area contributed by atoms with Gasteiger partial charge in [0.1, 0.15) is 0 Å². The van der Waals surface area contributed by atoms with Gasteiger partial charge in [0.15, 0.2) is 0 Å². The number of amides is 1. The lowest BCUT2D eigenvalue weighted by molar-refractivity contribution is -0.116. The summed E-state index contributed by atoms with van der Waals surface area (Å²) in [4.78, 5) is 16.5. The highest BCUT2D eigenvalue weighted by atomic mass is 35.5. The number of para-hydroxylation sites is 1. The highest BCUT2D eigenvalue weighted by molar-refractivity contribution is 7.18. The Kier molecular flexibility index (Phi) is 7.37. The number of rotatable bonds is 7. The van der Waals surface area contributed by atoms with Gasteiger partial charge in [0.05, 0.1) is 15.2 Å². The molecule has 25 heavy (non-hydrogen) atoms. The molecule has 0 aliphatic rings. The first kappa shape index (κ1) is 19.4. The molecule has 0 radical (unpaired) electrons. The van der Waals surface area contributed by atoms with E-state index < -0.39 is 0 Å². The van der Waals surface area contributed by atoms with Gasteiger partial charge in [-0.15, -0.1) is 23.7 Å². The van der Waals surface area contributed by atoms with Crippen LogP contribution in [0.1, 0.15) is 23.4 Å². The largest absolute Gasteiger partial charge is 0.326 e. The minimum absolute atomic E-state index is 0. The highest BCUT2D eigenvalue weighted by Crippen LogP contribution is 2.24. The molecule has 4 nitrogen and oxygen atoms in total. The third-order valence-electron chi connectivity index (χ3n) is 3.76. The van der Waals surface area contributed by atoms with Gasteiger partial charge in [-0.3, -0.25) is 4.79 Å².